The Morgan fingerprint density at radius 1 is 1.77 bits per heavy atom. The molecule has 1 aliphatic heterocycles. The molecule has 2 N–H and O–H groups in total. The molecule has 0 radical (unpaired) electrons. The van der Waals surface area contributed by atoms with Gasteiger partial charge in [0.1, 0.15) is 0 Å². The van der Waals surface area contributed by atoms with Crippen molar-refractivity contribution in [2.75, 3.05) is 6.54 Å². The fraction of sp³-hybridized carbons (Fsp3) is 0.778. The third kappa shape index (κ3) is 2.43. The lowest BCUT2D eigenvalue weighted by Crippen LogP contribution is -2.61. The van der Waals surface area contributed by atoms with Crippen LogP contribution in [0, 0.1) is 11.3 Å². The van der Waals surface area contributed by atoms with E-state index in [1.807, 2.05) is 19.9 Å². The summed E-state index contributed by atoms with van der Waals surface area (Å²) in [4.78, 5) is 11.1. The van der Waals surface area contributed by atoms with Crippen LogP contribution in [-0.4, -0.2) is 24.0 Å². The van der Waals surface area contributed by atoms with Gasteiger partial charge in [0.25, 0.3) is 0 Å². The van der Waals surface area contributed by atoms with Gasteiger partial charge in [0.2, 0.25) is 5.91 Å². The monoisotopic (exact) mass is 181 g/mol. The molecule has 1 fully saturated rings. The first-order chi connectivity index (χ1) is 6.06. The Hall–Kier alpha value is -1.08. The van der Waals surface area contributed by atoms with Crippen molar-refractivity contribution in [3.05, 3.63) is 0 Å². The van der Waals surface area contributed by atoms with Crippen molar-refractivity contribution in [2.24, 2.45) is 0 Å². The van der Waals surface area contributed by atoms with Gasteiger partial charge in [-0.05, 0) is 20.3 Å². The van der Waals surface area contributed by atoms with Crippen LogP contribution in [-0.2, 0) is 4.79 Å². The van der Waals surface area contributed by atoms with Crippen LogP contribution in [0.15, 0.2) is 0 Å². The summed E-state index contributed by atoms with van der Waals surface area (Å²) in [5, 5.41) is 14.4. The highest BCUT2D eigenvalue weighted by Crippen LogP contribution is 2.19. The number of nitriles is 1. The molecule has 0 aromatic carbocycles. The van der Waals surface area contributed by atoms with Crippen molar-refractivity contribution in [1.82, 2.24) is 10.6 Å². The first-order valence-electron chi connectivity index (χ1n) is 4.47. The summed E-state index contributed by atoms with van der Waals surface area (Å²) >= 11 is 0. The van der Waals surface area contributed by atoms with Gasteiger partial charge in [0.15, 0.2) is 0 Å². The van der Waals surface area contributed by atoms with Crippen LogP contribution in [0.2, 0.25) is 0 Å². The molecule has 1 heterocycles. The molecule has 1 saturated heterocycles. The molecule has 4 nitrogen and oxygen atoms in total. The first kappa shape index (κ1) is 10.0. The molecule has 0 aliphatic carbocycles. The van der Waals surface area contributed by atoms with E-state index in [0.717, 1.165) is 6.42 Å². The molecule has 0 spiro atoms. The molecule has 1 aliphatic rings. The van der Waals surface area contributed by atoms with E-state index in [0.29, 0.717) is 13.0 Å². The fourth-order valence-electron chi connectivity index (χ4n) is 1.67. The van der Waals surface area contributed by atoms with Crippen LogP contribution in [0.1, 0.15) is 26.7 Å². The average Bonchev–Trinajstić information content (AvgIpc) is 2.01. The second kappa shape index (κ2) is 3.75. The molecule has 1 amide bonds. The van der Waals surface area contributed by atoms with E-state index in [2.05, 4.69) is 10.6 Å². The summed E-state index contributed by atoms with van der Waals surface area (Å²) in [6, 6.07) is 2.24. The van der Waals surface area contributed by atoms with Gasteiger partial charge in [-0.1, -0.05) is 0 Å². The van der Waals surface area contributed by atoms with E-state index in [-0.39, 0.29) is 17.5 Å². The van der Waals surface area contributed by atoms with E-state index in [9.17, 15) is 4.79 Å². The molecule has 72 valence electrons. The number of rotatable bonds is 2. The maximum atomic E-state index is 11.1. The van der Waals surface area contributed by atoms with Crippen LogP contribution in [0.25, 0.3) is 0 Å². The number of hydrogen-bond acceptors (Lipinski definition) is 3. The lowest BCUT2D eigenvalue weighted by molar-refractivity contribution is -0.125. The summed E-state index contributed by atoms with van der Waals surface area (Å²) < 4.78 is 0. The average molecular weight is 181 g/mol. The molecule has 1 rings (SSSR count). The van der Waals surface area contributed by atoms with E-state index < -0.39 is 0 Å². The van der Waals surface area contributed by atoms with Gasteiger partial charge in [-0.3, -0.25) is 10.1 Å². The van der Waals surface area contributed by atoms with E-state index in [4.69, 9.17) is 5.26 Å². The zero-order valence-corrected chi connectivity index (χ0v) is 8.05. The maximum Gasteiger partial charge on any atom is 0.220 e. The number of carbonyl (C=O) groups excluding carboxylic acids is 1. The minimum atomic E-state index is -0.244. The summed E-state index contributed by atoms with van der Waals surface area (Å²) in [5.74, 6) is 0.0972. The number of piperidine rings is 1. The topological polar surface area (TPSA) is 64.9 Å². The van der Waals surface area contributed by atoms with E-state index >= 15 is 0 Å². The zero-order valence-electron chi connectivity index (χ0n) is 8.05. The SMILES string of the molecule is CC1(C)NC(=O)CCC1NCC#N. The van der Waals surface area contributed by atoms with Gasteiger partial charge in [0, 0.05) is 18.0 Å². The molecular formula is C9H15N3O. The van der Waals surface area contributed by atoms with Crippen molar-refractivity contribution in [3.8, 4) is 6.07 Å². The van der Waals surface area contributed by atoms with Gasteiger partial charge in [-0.25, -0.2) is 0 Å². The lowest BCUT2D eigenvalue weighted by Gasteiger charge is -2.39. The normalized spacial score (nSPS) is 26.2. The molecule has 1 unspecified atom stereocenters. The fourth-order valence-corrected chi connectivity index (χ4v) is 1.67. The largest absolute Gasteiger partial charge is 0.350 e. The molecule has 1 atom stereocenters. The van der Waals surface area contributed by atoms with E-state index in [1.54, 1.807) is 0 Å². The van der Waals surface area contributed by atoms with Gasteiger partial charge in [0.05, 0.1) is 12.6 Å². The predicted octanol–water partition coefficient (Wildman–Crippen LogP) is 0.157. The van der Waals surface area contributed by atoms with Crippen molar-refractivity contribution in [3.63, 3.8) is 0 Å². The van der Waals surface area contributed by atoms with Crippen molar-refractivity contribution >= 4 is 5.91 Å². The van der Waals surface area contributed by atoms with Crippen molar-refractivity contribution < 1.29 is 4.79 Å². The molecule has 13 heavy (non-hydrogen) atoms. The Morgan fingerprint density at radius 3 is 3.00 bits per heavy atom. The number of nitrogens with one attached hydrogen (secondary N) is 2. The minimum absolute atomic E-state index is 0.0972. The highest BCUT2D eigenvalue weighted by Gasteiger charge is 2.34. The van der Waals surface area contributed by atoms with Crippen molar-refractivity contribution in [2.45, 2.75) is 38.3 Å². The Balaban J connectivity index is 2.55. The first-order valence-corrected chi connectivity index (χ1v) is 4.47. The minimum Gasteiger partial charge on any atom is -0.350 e. The second-order valence-corrected chi connectivity index (χ2v) is 3.90. The van der Waals surface area contributed by atoms with Crippen LogP contribution in [0.5, 0.6) is 0 Å². The van der Waals surface area contributed by atoms with Gasteiger partial charge in [-0.2, -0.15) is 5.26 Å². The maximum absolute atomic E-state index is 11.1. The molecule has 0 bridgehead atoms. The van der Waals surface area contributed by atoms with Gasteiger partial charge in [-0.15, -0.1) is 0 Å². The summed E-state index contributed by atoms with van der Waals surface area (Å²) in [7, 11) is 0. The third-order valence-corrected chi connectivity index (χ3v) is 2.42. The number of carbonyl (C=O) groups is 1. The number of nitrogens with zero attached hydrogens (tertiary/aromatic N) is 1. The summed E-state index contributed by atoms with van der Waals surface area (Å²) in [5.41, 5.74) is -0.244. The smallest absolute Gasteiger partial charge is 0.220 e. The van der Waals surface area contributed by atoms with Crippen LogP contribution in [0.3, 0.4) is 0 Å². The second-order valence-electron chi connectivity index (χ2n) is 3.90. The molecule has 4 heteroatoms. The standard InChI is InChI=1S/C9H15N3O/c1-9(2)7(11-6-5-10)3-4-8(13)12-9/h7,11H,3-4,6H2,1-2H3,(H,12,13). The highest BCUT2D eigenvalue weighted by molar-refractivity contribution is 5.77. The molecule has 0 aromatic rings. The van der Waals surface area contributed by atoms with E-state index in [1.165, 1.54) is 0 Å². The van der Waals surface area contributed by atoms with Crippen LogP contribution in [0.4, 0.5) is 0 Å². The Bertz CT molecular complexity index is 242. The Morgan fingerprint density at radius 2 is 2.46 bits per heavy atom. The van der Waals surface area contributed by atoms with Crippen molar-refractivity contribution in [1.29, 1.82) is 5.26 Å². The number of amides is 1. The summed E-state index contributed by atoms with van der Waals surface area (Å²) in [6.07, 6.45) is 1.35. The Labute approximate surface area is 78.3 Å². The molecule has 0 aromatic heterocycles. The van der Waals surface area contributed by atoms with Gasteiger partial charge >= 0.3 is 0 Å². The zero-order chi connectivity index (χ0) is 9.90. The Kier molecular flexibility index (Phi) is 2.89. The number of hydrogen-bond donors (Lipinski definition) is 2. The van der Waals surface area contributed by atoms with Crippen LogP contribution >= 0.6 is 0 Å². The van der Waals surface area contributed by atoms with Crippen LogP contribution < -0.4 is 10.6 Å². The molecule has 0 saturated carbocycles. The summed E-state index contributed by atoms with van der Waals surface area (Å²) in [6.45, 7) is 4.28. The highest BCUT2D eigenvalue weighted by atomic mass is 16.1. The van der Waals surface area contributed by atoms with Gasteiger partial charge < -0.3 is 5.32 Å². The third-order valence-electron chi connectivity index (χ3n) is 2.42. The quantitative estimate of drug-likeness (QED) is 0.596. The predicted molar refractivity (Wildman–Crippen MR) is 48.9 cm³/mol. The lowest BCUT2D eigenvalue weighted by atomic mass is 9.87. The molecular weight excluding hydrogens is 166 g/mol.